The molecule has 0 aliphatic carbocycles. The van der Waals surface area contributed by atoms with Gasteiger partial charge in [-0.1, -0.05) is 11.6 Å². The Kier molecular flexibility index (Phi) is 4.72. The highest BCUT2D eigenvalue weighted by atomic mass is 35.5. The van der Waals surface area contributed by atoms with Crippen molar-refractivity contribution in [2.45, 2.75) is 19.4 Å². The summed E-state index contributed by atoms with van der Waals surface area (Å²) in [6.07, 6.45) is 0. The van der Waals surface area contributed by atoms with Gasteiger partial charge in [0.25, 0.3) is 5.91 Å². The molecule has 0 spiro atoms. The highest BCUT2D eigenvalue weighted by Gasteiger charge is 2.28. The molecular weight excluding hydrogens is 277 g/mol. The van der Waals surface area contributed by atoms with Crippen LogP contribution in [0.3, 0.4) is 0 Å². The third-order valence-electron chi connectivity index (χ3n) is 2.25. The Balaban J connectivity index is 2.55. The van der Waals surface area contributed by atoms with E-state index in [2.05, 4.69) is 5.32 Å². The van der Waals surface area contributed by atoms with Gasteiger partial charge in [0.05, 0.1) is 5.02 Å². The summed E-state index contributed by atoms with van der Waals surface area (Å²) < 4.78 is 17.9. The number of hydrogen-bond acceptors (Lipinski definition) is 3. The minimum Gasteiger partial charge on any atom is -0.484 e. The molecule has 0 saturated heterocycles. The largest absolute Gasteiger partial charge is 0.484 e. The summed E-state index contributed by atoms with van der Waals surface area (Å²) in [5.41, 5.74) is -1.39. The predicted molar refractivity (Wildman–Crippen MR) is 66.8 cm³/mol. The summed E-state index contributed by atoms with van der Waals surface area (Å²) in [7, 11) is 0. The lowest BCUT2D eigenvalue weighted by atomic mass is 10.1. The molecule has 0 atom stereocenters. The van der Waals surface area contributed by atoms with Crippen LogP contribution in [0.15, 0.2) is 18.2 Å². The molecule has 0 saturated carbocycles. The van der Waals surface area contributed by atoms with E-state index in [9.17, 15) is 14.0 Å². The van der Waals surface area contributed by atoms with Gasteiger partial charge in [-0.3, -0.25) is 4.79 Å². The molecule has 1 rings (SSSR count). The number of rotatable bonds is 5. The molecular formula is C12H13ClFNO4. The molecule has 0 aliphatic heterocycles. The van der Waals surface area contributed by atoms with Crippen LogP contribution in [0.25, 0.3) is 0 Å². The summed E-state index contributed by atoms with van der Waals surface area (Å²) in [6.45, 7) is 2.31. The number of amides is 1. The van der Waals surface area contributed by atoms with Gasteiger partial charge in [0.15, 0.2) is 6.61 Å². The topological polar surface area (TPSA) is 75.6 Å². The number of carbonyl (C=O) groups excluding carboxylic acids is 1. The molecule has 2 N–H and O–H groups in total. The number of ether oxygens (including phenoxy) is 1. The van der Waals surface area contributed by atoms with Crippen LogP contribution in [0.5, 0.6) is 5.75 Å². The van der Waals surface area contributed by atoms with Gasteiger partial charge in [-0.2, -0.15) is 0 Å². The summed E-state index contributed by atoms with van der Waals surface area (Å²) in [4.78, 5) is 22.3. The zero-order chi connectivity index (χ0) is 14.6. The Morgan fingerprint density at radius 3 is 2.63 bits per heavy atom. The number of halogens is 2. The van der Waals surface area contributed by atoms with Gasteiger partial charge in [0.2, 0.25) is 0 Å². The van der Waals surface area contributed by atoms with E-state index < -0.39 is 29.8 Å². The van der Waals surface area contributed by atoms with Crippen LogP contribution in [0, 0.1) is 5.82 Å². The van der Waals surface area contributed by atoms with E-state index in [1.165, 1.54) is 26.0 Å². The zero-order valence-electron chi connectivity index (χ0n) is 10.4. The van der Waals surface area contributed by atoms with Crippen molar-refractivity contribution < 1.29 is 23.8 Å². The first-order chi connectivity index (χ1) is 8.72. The van der Waals surface area contributed by atoms with Crippen LogP contribution < -0.4 is 10.1 Å². The summed E-state index contributed by atoms with van der Waals surface area (Å²) in [5.74, 6) is -2.14. The minimum atomic E-state index is -1.39. The second-order valence-electron chi connectivity index (χ2n) is 4.34. The number of aliphatic carboxylic acids is 1. The van der Waals surface area contributed by atoms with Crippen molar-refractivity contribution in [2.75, 3.05) is 6.61 Å². The molecule has 0 fully saturated rings. The lowest BCUT2D eigenvalue weighted by Gasteiger charge is -2.20. The third kappa shape index (κ3) is 4.40. The first-order valence-corrected chi connectivity index (χ1v) is 5.72. The van der Waals surface area contributed by atoms with Crippen molar-refractivity contribution in [2.24, 2.45) is 0 Å². The second-order valence-corrected chi connectivity index (χ2v) is 4.75. The fourth-order valence-electron chi connectivity index (χ4n) is 1.15. The number of nitrogens with one attached hydrogen (secondary N) is 1. The fraction of sp³-hybridized carbons (Fsp3) is 0.333. The van der Waals surface area contributed by atoms with Gasteiger partial charge in [-0.05, 0) is 26.0 Å². The Morgan fingerprint density at radius 1 is 1.47 bits per heavy atom. The Labute approximate surface area is 114 Å². The molecule has 0 radical (unpaired) electrons. The van der Waals surface area contributed by atoms with Gasteiger partial charge in [-0.15, -0.1) is 0 Å². The summed E-state index contributed by atoms with van der Waals surface area (Å²) >= 11 is 5.54. The van der Waals surface area contributed by atoms with Gasteiger partial charge in [0, 0.05) is 6.07 Å². The van der Waals surface area contributed by atoms with Gasteiger partial charge >= 0.3 is 5.97 Å². The van der Waals surface area contributed by atoms with Crippen molar-refractivity contribution >= 4 is 23.5 Å². The molecule has 0 aromatic heterocycles. The zero-order valence-corrected chi connectivity index (χ0v) is 11.1. The first kappa shape index (κ1) is 15.2. The molecule has 0 unspecified atom stereocenters. The third-order valence-corrected chi connectivity index (χ3v) is 2.54. The molecule has 7 heteroatoms. The average molecular weight is 290 g/mol. The highest BCUT2D eigenvalue weighted by molar-refractivity contribution is 6.30. The van der Waals surface area contributed by atoms with Crippen LogP contribution >= 0.6 is 11.6 Å². The number of carbonyl (C=O) groups is 2. The first-order valence-electron chi connectivity index (χ1n) is 5.34. The maximum absolute atomic E-state index is 12.9. The van der Waals surface area contributed by atoms with Crippen LogP contribution in [0.4, 0.5) is 4.39 Å². The van der Waals surface area contributed by atoms with Crippen LogP contribution in [-0.2, 0) is 9.59 Å². The van der Waals surface area contributed by atoms with E-state index in [0.29, 0.717) is 0 Å². The van der Waals surface area contributed by atoms with Crippen LogP contribution in [-0.4, -0.2) is 29.1 Å². The van der Waals surface area contributed by atoms with E-state index in [1.807, 2.05) is 0 Å². The van der Waals surface area contributed by atoms with E-state index in [-0.39, 0.29) is 10.8 Å². The second kappa shape index (κ2) is 5.88. The molecule has 0 heterocycles. The van der Waals surface area contributed by atoms with Crippen molar-refractivity contribution in [3.05, 3.63) is 29.0 Å². The summed E-state index contributed by atoms with van der Waals surface area (Å²) in [5, 5.41) is 11.0. The standard InChI is InChI=1S/C12H13ClFNO4/c1-12(2,11(17)18)15-10(16)6-19-7-3-4-9(14)8(13)5-7/h3-5H,6H2,1-2H3,(H,15,16)(H,17,18). The number of carboxylic acid groups (broad SMARTS) is 1. The number of hydrogen-bond donors (Lipinski definition) is 2. The molecule has 104 valence electrons. The predicted octanol–water partition coefficient (Wildman–Crippen LogP) is 1.84. The maximum Gasteiger partial charge on any atom is 0.328 e. The van der Waals surface area contributed by atoms with Crippen LogP contribution in [0.2, 0.25) is 5.02 Å². The van der Waals surface area contributed by atoms with Crippen molar-refractivity contribution in [3.63, 3.8) is 0 Å². The maximum atomic E-state index is 12.9. The highest BCUT2D eigenvalue weighted by Crippen LogP contribution is 2.20. The van der Waals surface area contributed by atoms with Gasteiger partial charge in [0.1, 0.15) is 17.1 Å². The quantitative estimate of drug-likeness (QED) is 0.867. The fourth-order valence-corrected chi connectivity index (χ4v) is 1.32. The van der Waals surface area contributed by atoms with Gasteiger partial charge < -0.3 is 15.2 Å². The number of benzene rings is 1. The Hall–Kier alpha value is -1.82. The molecule has 0 aliphatic rings. The average Bonchev–Trinajstić information content (AvgIpc) is 2.30. The molecule has 0 bridgehead atoms. The summed E-state index contributed by atoms with van der Waals surface area (Å²) in [6, 6.07) is 3.65. The Morgan fingerprint density at radius 2 is 2.11 bits per heavy atom. The van der Waals surface area contributed by atoms with Crippen molar-refractivity contribution in [3.8, 4) is 5.75 Å². The molecule has 5 nitrogen and oxygen atoms in total. The lowest BCUT2D eigenvalue weighted by molar-refractivity contribution is -0.146. The lowest BCUT2D eigenvalue weighted by Crippen LogP contribution is -2.51. The van der Waals surface area contributed by atoms with Crippen LogP contribution in [0.1, 0.15) is 13.8 Å². The van der Waals surface area contributed by atoms with E-state index >= 15 is 0 Å². The Bertz CT molecular complexity index is 505. The molecule has 19 heavy (non-hydrogen) atoms. The molecule has 1 aromatic rings. The molecule has 1 aromatic carbocycles. The van der Waals surface area contributed by atoms with Crippen molar-refractivity contribution in [1.82, 2.24) is 5.32 Å². The molecule has 1 amide bonds. The smallest absolute Gasteiger partial charge is 0.328 e. The number of carboxylic acids is 1. The van der Waals surface area contributed by atoms with E-state index in [0.717, 1.165) is 6.07 Å². The SMILES string of the molecule is CC(C)(NC(=O)COc1ccc(F)c(Cl)c1)C(=O)O. The normalized spacial score (nSPS) is 10.9. The van der Waals surface area contributed by atoms with E-state index in [1.54, 1.807) is 0 Å². The minimum absolute atomic E-state index is 0.122. The monoisotopic (exact) mass is 289 g/mol. The van der Waals surface area contributed by atoms with E-state index in [4.69, 9.17) is 21.4 Å². The van der Waals surface area contributed by atoms with Gasteiger partial charge in [-0.25, -0.2) is 9.18 Å². The van der Waals surface area contributed by atoms with Crippen molar-refractivity contribution in [1.29, 1.82) is 0 Å².